The maximum Gasteiger partial charge on any atom is 0.351 e. The molecule has 0 fully saturated rings. The molecule has 0 amide bonds. The molecular formula is C23H20ClN7O3S. The van der Waals surface area contributed by atoms with Gasteiger partial charge < -0.3 is 4.42 Å². The summed E-state index contributed by atoms with van der Waals surface area (Å²) in [5, 5.41) is 11.6. The number of hydrogen-bond donors (Lipinski definition) is 1. The number of nitrogens with zero attached hydrogens (tertiary/aromatic N) is 6. The quantitative estimate of drug-likeness (QED) is 0.352. The van der Waals surface area contributed by atoms with Gasteiger partial charge in [-0.1, -0.05) is 41.9 Å². The summed E-state index contributed by atoms with van der Waals surface area (Å²) in [6.45, 7) is 1.74. The fourth-order valence-corrected chi connectivity index (χ4v) is 4.22. The van der Waals surface area contributed by atoms with Crippen LogP contribution in [-0.2, 0) is 20.0 Å². The number of para-hydroxylation sites is 1. The zero-order valence-electron chi connectivity index (χ0n) is 18.8. The van der Waals surface area contributed by atoms with Crippen LogP contribution in [0, 0.1) is 11.8 Å². The molecule has 0 saturated heterocycles. The average molecular weight is 510 g/mol. The molecule has 0 saturated carbocycles. The van der Waals surface area contributed by atoms with Crippen LogP contribution < -0.4 is 11.2 Å². The molecule has 5 aromatic rings. The third kappa shape index (κ3) is 4.19. The molecule has 0 spiro atoms. The van der Waals surface area contributed by atoms with Gasteiger partial charge in [0.15, 0.2) is 0 Å². The van der Waals surface area contributed by atoms with Crippen LogP contribution in [0.5, 0.6) is 0 Å². The topological polar surface area (TPSA) is 109 Å². The summed E-state index contributed by atoms with van der Waals surface area (Å²) < 4.78 is 11.1. The summed E-state index contributed by atoms with van der Waals surface area (Å²) in [5.41, 5.74) is 1.55. The first-order chi connectivity index (χ1) is 16.8. The highest BCUT2D eigenvalue weighted by molar-refractivity contribution is 7.71. The van der Waals surface area contributed by atoms with E-state index < -0.39 is 5.69 Å². The number of rotatable bonds is 6. The molecular weight excluding hydrogens is 490 g/mol. The fraction of sp³-hybridized carbons (Fsp3) is 0.174. The van der Waals surface area contributed by atoms with Gasteiger partial charge in [0.25, 0.3) is 10.4 Å². The largest absolute Gasteiger partial charge is 0.412 e. The van der Waals surface area contributed by atoms with Gasteiger partial charge in [0.2, 0.25) is 5.89 Å². The van der Waals surface area contributed by atoms with Crippen molar-refractivity contribution in [1.29, 1.82) is 0 Å². The van der Waals surface area contributed by atoms with Gasteiger partial charge in [0.1, 0.15) is 18.1 Å². The molecule has 178 valence electrons. The van der Waals surface area contributed by atoms with Gasteiger partial charge in [-0.2, -0.15) is 5.10 Å². The first kappa shape index (κ1) is 22.8. The van der Waals surface area contributed by atoms with E-state index >= 15 is 0 Å². The number of aromatic nitrogens is 7. The lowest BCUT2D eigenvalue weighted by Gasteiger charge is -2.07. The third-order valence-corrected chi connectivity index (χ3v) is 6.12. The molecule has 3 heterocycles. The van der Waals surface area contributed by atoms with E-state index in [1.807, 2.05) is 42.5 Å². The van der Waals surface area contributed by atoms with Gasteiger partial charge in [0.05, 0.1) is 11.4 Å². The van der Waals surface area contributed by atoms with Crippen LogP contribution in [0.2, 0.25) is 5.02 Å². The van der Waals surface area contributed by atoms with Crippen LogP contribution in [-0.4, -0.2) is 33.9 Å². The van der Waals surface area contributed by atoms with Crippen LogP contribution in [0.1, 0.15) is 23.0 Å². The highest BCUT2D eigenvalue weighted by atomic mass is 35.5. The molecule has 0 aliphatic carbocycles. The maximum absolute atomic E-state index is 13.7. The van der Waals surface area contributed by atoms with Crippen molar-refractivity contribution in [2.24, 2.45) is 7.05 Å². The van der Waals surface area contributed by atoms with E-state index in [9.17, 15) is 9.59 Å². The van der Waals surface area contributed by atoms with Crippen molar-refractivity contribution in [3.05, 3.63) is 108 Å². The number of halogens is 1. The molecule has 3 aromatic heterocycles. The molecule has 0 unspecified atom stereocenters. The monoisotopic (exact) mass is 509 g/mol. The Labute approximate surface area is 208 Å². The minimum Gasteiger partial charge on any atom is -0.412 e. The molecule has 0 atom stereocenters. The molecule has 0 bridgehead atoms. The van der Waals surface area contributed by atoms with Gasteiger partial charge in [0, 0.05) is 18.5 Å². The first-order valence-corrected chi connectivity index (χ1v) is 11.4. The summed E-state index contributed by atoms with van der Waals surface area (Å²) in [7, 11) is 1.77. The van der Waals surface area contributed by atoms with Gasteiger partial charge in [-0.15, -0.1) is 5.10 Å². The molecule has 35 heavy (non-hydrogen) atoms. The number of H-pyrrole nitrogens is 1. The van der Waals surface area contributed by atoms with E-state index in [1.54, 1.807) is 30.8 Å². The molecule has 2 aromatic carbocycles. The maximum atomic E-state index is 13.7. The molecule has 0 aliphatic rings. The summed E-state index contributed by atoms with van der Waals surface area (Å²) in [6.07, 6.45) is 0.294. The standard InChI is InChI=1S/C23H20ClN7O3S/c1-14-20(21(32)31(28(14)2)17-6-4-3-5-7-17)30-18(12-15-8-10-16(24)11-9-15)27-29(23(30)33)13-19-25-26-22(35)34-19/h3-11H,12-13H2,1-2H3,(H,26,35). The van der Waals surface area contributed by atoms with Crippen LogP contribution in [0.15, 0.2) is 68.6 Å². The van der Waals surface area contributed by atoms with Gasteiger partial charge in [-0.3, -0.25) is 9.48 Å². The predicted molar refractivity (Wildman–Crippen MR) is 132 cm³/mol. The molecule has 5 rings (SSSR count). The minimum atomic E-state index is -0.496. The number of hydrogen-bond acceptors (Lipinski definition) is 6. The first-order valence-electron chi connectivity index (χ1n) is 10.7. The highest BCUT2D eigenvalue weighted by Crippen LogP contribution is 2.17. The van der Waals surface area contributed by atoms with Crippen LogP contribution in [0.25, 0.3) is 11.4 Å². The number of benzene rings is 2. The number of nitrogens with one attached hydrogen (secondary N) is 1. The summed E-state index contributed by atoms with van der Waals surface area (Å²) in [4.78, 5) is 27.3. The Hall–Kier alpha value is -3.96. The SMILES string of the molecule is Cc1c(-n2c(Cc3ccc(Cl)cc3)nn(Cc3n[nH]c(=S)o3)c2=O)c(=O)n(-c2ccccc2)n1C. The average Bonchev–Trinajstić information content (AvgIpc) is 3.45. The zero-order valence-corrected chi connectivity index (χ0v) is 20.4. The Morgan fingerprint density at radius 3 is 2.46 bits per heavy atom. The highest BCUT2D eigenvalue weighted by Gasteiger charge is 2.25. The Kier molecular flexibility index (Phi) is 5.87. The zero-order chi connectivity index (χ0) is 24.7. The third-order valence-electron chi connectivity index (χ3n) is 5.70. The van der Waals surface area contributed by atoms with E-state index in [-0.39, 0.29) is 28.5 Å². The molecule has 1 N–H and O–H groups in total. The molecule has 12 heteroatoms. The Morgan fingerprint density at radius 2 is 1.80 bits per heavy atom. The normalized spacial score (nSPS) is 11.3. The van der Waals surface area contributed by atoms with Gasteiger partial charge >= 0.3 is 5.69 Å². The summed E-state index contributed by atoms with van der Waals surface area (Å²) in [5.74, 6) is 0.587. The Balaban J connectivity index is 1.70. The van der Waals surface area contributed by atoms with Crippen molar-refractivity contribution < 1.29 is 4.42 Å². The van der Waals surface area contributed by atoms with Crippen molar-refractivity contribution >= 4 is 23.8 Å². The summed E-state index contributed by atoms with van der Waals surface area (Å²) in [6, 6.07) is 16.5. The second-order valence-electron chi connectivity index (χ2n) is 7.91. The van der Waals surface area contributed by atoms with E-state index in [1.165, 1.54) is 13.9 Å². The molecule has 0 radical (unpaired) electrons. The second kappa shape index (κ2) is 9.01. The lowest BCUT2D eigenvalue weighted by molar-refractivity contribution is 0.449. The van der Waals surface area contributed by atoms with E-state index in [4.69, 9.17) is 28.2 Å². The lowest BCUT2D eigenvalue weighted by Crippen LogP contribution is -2.29. The van der Waals surface area contributed by atoms with Crippen LogP contribution >= 0.6 is 23.8 Å². The van der Waals surface area contributed by atoms with Gasteiger partial charge in [-0.25, -0.2) is 23.8 Å². The van der Waals surface area contributed by atoms with Crippen molar-refractivity contribution in [2.45, 2.75) is 19.9 Å². The molecule has 10 nitrogen and oxygen atoms in total. The lowest BCUT2D eigenvalue weighted by atomic mass is 10.1. The summed E-state index contributed by atoms with van der Waals surface area (Å²) >= 11 is 11.0. The van der Waals surface area contributed by atoms with E-state index in [0.29, 0.717) is 28.6 Å². The van der Waals surface area contributed by atoms with E-state index in [2.05, 4.69) is 15.3 Å². The van der Waals surface area contributed by atoms with Crippen molar-refractivity contribution in [2.75, 3.05) is 0 Å². The van der Waals surface area contributed by atoms with E-state index in [0.717, 1.165) is 5.56 Å². The van der Waals surface area contributed by atoms with Gasteiger partial charge in [-0.05, 0) is 49.0 Å². The number of aromatic amines is 1. The van der Waals surface area contributed by atoms with Crippen molar-refractivity contribution in [3.63, 3.8) is 0 Å². The van der Waals surface area contributed by atoms with Crippen LogP contribution in [0.4, 0.5) is 0 Å². The smallest absolute Gasteiger partial charge is 0.351 e. The fourth-order valence-electron chi connectivity index (χ4n) is 3.95. The Bertz CT molecular complexity index is 1690. The second-order valence-corrected chi connectivity index (χ2v) is 8.72. The molecule has 0 aliphatic heterocycles. The van der Waals surface area contributed by atoms with Crippen molar-refractivity contribution in [1.82, 2.24) is 33.9 Å². The van der Waals surface area contributed by atoms with Crippen molar-refractivity contribution in [3.8, 4) is 11.4 Å². The Morgan fingerprint density at radius 1 is 1.09 bits per heavy atom. The van der Waals surface area contributed by atoms with Crippen LogP contribution in [0.3, 0.4) is 0 Å². The predicted octanol–water partition coefficient (Wildman–Crippen LogP) is 3.17. The minimum absolute atomic E-state index is 0.0502.